The average molecular weight is 552 g/mol. The number of carbonyl (C=O) groups is 3. The van der Waals surface area contributed by atoms with Crippen molar-refractivity contribution >= 4 is 34.2 Å². The van der Waals surface area contributed by atoms with Crippen molar-refractivity contribution in [2.75, 3.05) is 18.0 Å². The molecule has 0 fully saturated rings. The lowest BCUT2D eigenvalue weighted by Crippen LogP contribution is -2.50. The Labute approximate surface area is 239 Å². The maximum Gasteiger partial charge on any atom is 0.258 e. The van der Waals surface area contributed by atoms with Crippen molar-refractivity contribution in [3.8, 4) is 0 Å². The maximum absolute atomic E-state index is 13.9. The number of rotatable bonds is 12. The second-order valence-electron chi connectivity index (χ2n) is 10.4. The maximum atomic E-state index is 13.9. The molecule has 0 bridgehead atoms. The van der Waals surface area contributed by atoms with Crippen LogP contribution in [0.1, 0.15) is 47.7 Å². The molecule has 0 saturated heterocycles. The van der Waals surface area contributed by atoms with Crippen molar-refractivity contribution < 1.29 is 18.8 Å². The molecule has 0 spiro atoms. The highest BCUT2D eigenvalue weighted by molar-refractivity contribution is 6.25. The molecule has 0 aliphatic carbocycles. The third-order valence-electron chi connectivity index (χ3n) is 7.51. The predicted molar refractivity (Wildman–Crippen MR) is 159 cm³/mol. The summed E-state index contributed by atoms with van der Waals surface area (Å²) in [7, 11) is 0. The first kappa shape index (κ1) is 28.0. The Kier molecular flexibility index (Phi) is 8.73. The summed E-state index contributed by atoms with van der Waals surface area (Å²) in [5.41, 5.74) is 3.21. The minimum atomic E-state index is -0.743. The van der Waals surface area contributed by atoms with E-state index in [-0.39, 0.29) is 36.5 Å². The van der Waals surface area contributed by atoms with Crippen molar-refractivity contribution in [1.29, 1.82) is 0 Å². The van der Waals surface area contributed by atoms with Crippen LogP contribution < -0.4 is 10.2 Å². The molecular formula is C34H34FN3O3. The van der Waals surface area contributed by atoms with E-state index in [0.717, 1.165) is 34.0 Å². The Balaban J connectivity index is 1.36. The lowest BCUT2D eigenvalue weighted by atomic mass is 10.0. The fourth-order valence-corrected chi connectivity index (χ4v) is 5.44. The monoisotopic (exact) mass is 551 g/mol. The fraction of sp³-hybridized carbons (Fsp3) is 0.265. The molecule has 1 N–H and O–H groups in total. The van der Waals surface area contributed by atoms with E-state index in [1.165, 1.54) is 12.1 Å². The Morgan fingerprint density at radius 3 is 2.37 bits per heavy atom. The van der Waals surface area contributed by atoms with Crippen LogP contribution in [0.25, 0.3) is 10.8 Å². The van der Waals surface area contributed by atoms with Crippen molar-refractivity contribution in [3.63, 3.8) is 0 Å². The second kappa shape index (κ2) is 12.8. The highest BCUT2D eigenvalue weighted by atomic mass is 19.1. The van der Waals surface area contributed by atoms with Gasteiger partial charge in [-0.1, -0.05) is 73.7 Å². The van der Waals surface area contributed by atoms with Crippen LogP contribution in [0.5, 0.6) is 0 Å². The molecule has 41 heavy (non-hydrogen) atoms. The van der Waals surface area contributed by atoms with E-state index in [1.54, 1.807) is 21.9 Å². The second-order valence-corrected chi connectivity index (χ2v) is 10.4. The highest BCUT2D eigenvalue weighted by Crippen LogP contribution is 2.37. The van der Waals surface area contributed by atoms with Gasteiger partial charge >= 0.3 is 0 Å². The van der Waals surface area contributed by atoms with E-state index < -0.39 is 6.04 Å². The fourth-order valence-electron chi connectivity index (χ4n) is 5.44. The van der Waals surface area contributed by atoms with Crippen LogP contribution in [0.3, 0.4) is 0 Å². The van der Waals surface area contributed by atoms with Gasteiger partial charge in [-0.2, -0.15) is 0 Å². The molecule has 1 atom stereocenters. The third kappa shape index (κ3) is 6.30. The van der Waals surface area contributed by atoms with E-state index >= 15 is 0 Å². The van der Waals surface area contributed by atoms with Crippen LogP contribution in [0.15, 0.2) is 91.0 Å². The summed E-state index contributed by atoms with van der Waals surface area (Å²) in [4.78, 5) is 43.8. The number of benzene rings is 4. The largest absolute Gasteiger partial charge is 0.354 e. The molecule has 7 heteroatoms. The standard InChI is InChI=1S/C34H34FN3O3/c1-2-20-36-33(40)30(22-24-9-4-3-5-10-24)38(23-25-16-18-27(35)19-17-25)31(39)15-8-21-37-29-14-7-12-26-11-6-13-28(32(26)29)34(37)41/h3-7,9-14,16-19,30H,2,8,15,20-23H2,1H3,(H,36,40)/t30-/m1/s1. The average Bonchev–Trinajstić information content (AvgIpc) is 3.27. The smallest absolute Gasteiger partial charge is 0.258 e. The van der Waals surface area contributed by atoms with Crippen LogP contribution in [0.4, 0.5) is 10.1 Å². The van der Waals surface area contributed by atoms with Gasteiger partial charge in [-0.25, -0.2) is 4.39 Å². The van der Waals surface area contributed by atoms with Crippen molar-refractivity contribution in [3.05, 3.63) is 114 Å². The lowest BCUT2D eigenvalue weighted by Gasteiger charge is -2.32. The van der Waals surface area contributed by atoms with Gasteiger partial charge < -0.3 is 15.1 Å². The summed E-state index contributed by atoms with van der Waals surface area (Å²) in [6.45, 7) is 3.04. The molecule has 3 amide bonds. The van der Waals surface area contributed by atoms with Crippen LogP contribution in [0, 0.1) is 5.82 Å². The van der Waals surface area contributed by atoms with Crippen LogP contribution in [-0.2, 0) is 22.6 Å². The van der Waals surface area contributed by atoms with E-state index in [9.17, 15) is 18.8 Å². The van der Waals surface area contributed by atoms with Gasteiger partial charge in [-0.05, 0) is 53.6 Å². The lowest BCUT2D eigenvalue weighted by molar-refractivity contribution is -0.141. The van der Waals surface area contributed by atoms with Gasteiger partial charge in [0.15, 0.2) is 0 Å². The molecule has 1 heterocycles. The van der Waals surface area contributed by atoms with Crippen LogP contribution in [-0.4, -0.2) is 41.8 Å². The summed E-state index contributed by atoms with van der Waals surface area (Å²) in [6, 6.07) is 26.5. The van der Waals surface area contributed by atoms with Crippen LogP contribution in [0.2, 0.25) is 0 Å². The first-order valence-electron chi connectivity index (χ1n) is 14.2. The van der Waals surface area contributed by atoms with Gasteiger partial charge in [0, 0.05) is 43.4 Å². The first-order valence-corrected chi connectivity index (χ1v) is 14.2. The SMILES string of the molecule is CCCNC(=O)[C@@H](Cc1ccccc1)N(Cc1ccc(F)cc1)C(=O)CCCN1C(=O)c2cccc3cccc1c23. The topological polar surface area (TPSA) is 69.7 Å². The molecule has 4 aromatic rings. The van der Waals surface area contributed by atoms with E-state index in [0.29, 0.717) is 31.5 Å². The van der Waals surface area contributed by atoms with Crippen molar-refractivity contribution in [2.24, 2.45) is 0 Å². The summed E-state index contributed by atoms with van der Waals surface area (Å²) in [5.74, 6) is -0.833. The quantitative estimate of drug-likeness (QED) is 0.239. The number of halogens is 1. The Morgan fingerprint density at radius 2 is 1.63 bits per heavy atom. The van der Waals surface area contributed by atoms with Gasteiger partial charge in [0.25, 0.3) is 5.91 Å². The summed E-state index contributed by atoms with van der Waals surface area (Å²) in [6.07, 6.45) is 1.72. The molecule has 0 unspecified atom stereocenters. The van der Waals surface area contributed by atoms with Crippen molar-refractivity contribution in [2.45, 2.75) is 45.2 Å². The van der Waals surface area contributed by atoms with Gasteiger partial charge in [0.1, 0.15) is 11.9 Å². The summed E-state index contributed by atoms with van der Waals surface area (Å²) >= 11 is 0. The Hall–Kier alpha value is -4.52. The van der Waals surface area contributed by atoms with Gasteiger partial charge in [-0.3, -0.25) is 14.4 Å². The molecule has 5 rings (SSSR count). The molecule has 0 aromatic heterocycles. The minimum Gasteiger partial charge on any atom is -0.354 e. The minimum absolute atomic E-state index is 0.0617. The number of hydrogen-bond acceptors (Lipinski definition) is 3. The van der Waals surface area contributed by atoms with Gasteiger partial charge in [0.05, 0.1) is 5.69 Å². The molecule has 4 aromatic carbocycles. The molecular weight excluding hydrogens is 517 g/mol. The number of amides is 3. The number of hydrogen-bond donors (Lipinski definition) is 1. The zero-order valence-electron chi connectivity index (χ0n) is 23.2. The van der Waals surface area contributed by atoms with E-state index in [1.807, 2.05) is 73.7 Å². The number of nitrogens with one attached hydrogen (secondary N) is 1. The first-order chi connectivity index (χ1) is 20.0. The number of anilines is 1. The summed E-state index contributed by atoms with van der Waals surface area (Å²) in [5, 5.41) is 4.92. The highest BCUT2D eigenvalue weighted by Gasteiger charge is 2.32. The van der Waals surface area contributed by atoms with Crippen molar-refractivity contribution in [1.82, 2.24) is 10.2 Å². The van der Waals surface area contributed by atoms with Crippen LogP contribution >= 0.6 is 0 Å². The Bertz CT molecular complexity index is 1530. The number of nitrogens with zero attached hydrogens (tertiary/aromatic N) is 2. The molecule has 0 saturated carbocycles. The third-order valence-corrected chi connectivity index (χ3v) is 7.51. The van der Waals surface area contributed by atoms with E-state index in [4.69, 9.17) is 0 Å². The molecule has 0 radical (unpaired) electrons. The molecule has 210 valence electrons. The summed E-state index contributed by atoms with van der Waals surface area (Å²) < 4.78 is 13.6. The predicted octanol–water partition coefficient (Wildman–Crippen LogP) is 5.89. The van der Waals surface area contributed by atoms with E-state index in [2.05, 4.69) is 5.32 Å². The van der Waals surface area contributed by atoms with Gasteiger partial charge in [0.2, 0.25) is 11.8 Å². The Morgan fingerprint density at radius 1 is 0.902 bits per heavy atom. The molecule has 6 nitrogen and oxygen atoms in total. The normalized spacial score (nSPS) is 12.9. The van der Waals surface area contributed by atoms with Gasteiger partial charge in [-0.15, -0.1) is 0 Å². The zero-order valence-corrected chi connectivity index (χ0v) is 23.2. The number of carbonyl (C=O) groups excluding carboxylic acids is 3. The molecule has 1 aliphatic heterocycles. The molecule has 1 aliphatic rings. The zero-order chi connectivity index (χ0) is 28.8.